The standard InChI is InChI=1S/C16H28N4O/c1-3-17-14(2)15-6-4-7-18-16(15)20-9-5-8-19(10-11-20)12-13-21/h4,6-7,14,17,21H,3,5,8-13H2,1-2H3. The highest BCUT2D eigenvalue weighted by molar-refractivity contribution is 5.48. The van der Waals surface area contributed by atoms with E-state index in [1.165, 1.54) is 5.56 Å². The number of nitrogens with one attached hydrogen (secondary N) is 1. The van der Waals surface area contributed by atoms with Crippen LogP contribution in [0.5, 0.6) is 0 Å². The van der Waals surface area contributed by atoms with Crippen LogP contribution in [0.15, 0.2) is 18.3 Å². The summed E-state index contributed by atoms with van der Waals surface area (Å²) in [5.41, 5.74) is 1.27. The number of rotatable bonds is 6. The van der Waals surface area contributed by atoms with Gasteiger partial charge in [-0.15, -0.1) is 0 Å². The van der Waals surface area contributed by atoms with E-state index in [2.05, 4.69) is 40.0 Å². The lowest BCUT2D eigenvalue weighted by Gasteiger charge is -2.26. The number of aromatic nitrogens is 1. The largest absolute Gasteiger partial charge is 0.395 e. The molecule has 1 aliphatic heterocycles. The molecular weight excluding hydrogens is 264 g/mol. The zero-order valence-corrected chi connectivity index (χ0v) is 13.3. The Morgan fingerprint density at radius 2 is 2.19 bits per heavy atom. The second-order valence-corrected chi connectivity index (χ2v) is 5.60. The zero-order valence-electron chi connectivity index (χ0n) is 13.3. The van der Waals surface area contributed by atoms with Crippen LogP contribution in [0.3, 0.4) is 0 Å². The van der Waals surface area contributed by atoms with Crippen LogP contribution in [0.2, 0.25) is 0 Å². The van der Waals surface area contributed by atoms with Crippen molar-refractivity contribution in [1.82, 2.24) is 15.2 Å². The summed E-state index contributed by atoms with van der Waals surface area (Å²) in [6.45, 7) is 10.4. The van der Waals surface area contributed by atoms with E-state index >= 15 is 0 Å². The van der Waals surface area contributed by atoms with Gasteiger partial charge in [0, 0.05) is 44.0 Å². The molecule has 0 bridgehead atoms. The first-order valence-electron chi connectivity index (χ1n) is 8.02. The number of pyridine rings is 1. The van der Waals surface area contributed by atoms with Crippen LogP contribution < -0.4 is 10.2 Å². The van der Waals surface area contributed by atoms with E-state index < -0.39 is 0 Å². The van der Waals surface area contributed by atoms with Gasteiger partial charge in [-0.3, -0.25) is 4.90 Å². The predicted molar refractivity (Wildman–Crippen MR) is 86.7 cm³/mol. The van der Waals surface area contributed by atoms with E-state index in [4.69, 9.17) is 5.11 Å². The molecule has 0 amide bonds. The van der Waals surface area contributed by atoms with Gasteiger partial charge in [0.05, 0.1) is 6.61 Å². The monoisotopic (exact) mass is 292 g/mol. The number of anilines is 1. The van der Waals surface area contributed by atoms with Crippen LogP contribution in [0.25, 0.3) is 0 Å². The minimum atomic E-state index is 0.242. The summed E-state index contributed by atoms with van der Waals surface area (Å²) in [5, 5.41) is 12.6. The lowest BCUT2D eigenvalue weighted by Crippen LogP contribution is -2.33. The van der Waals surface area contributed by atoms with Gasteiger partial charge >= 0.3 is 0 Å². The number of β-amino-alcohol motifs (C(OH)–C–C–N with tert-alkyl or cyclic N) is 1. The average molecular weight is 292 g/mol. The SMILES string of the molecule is CCNC(C)c1cccnc1N1CCCN(CCO)CC1. The molecule has 1 aliphatic rings. The molecule has 0 aliphatic carbocycles. The van der Waals surface area contributed by atoms with Gasteiger partial charge in [-0.05, 0) is 32.5 Å². The third kappa shape index (κ3) is 4.40. The van der Waals surface area contributed by atoms with Crippen LogP contribution in [0, 0.1) is 0 Å². The first-order chi connectivity index (χ1) is 10.3. The second-order valence-electron chi connectivity index (χ2n) is 5.60. The van der Waals surface area contributed by atoms with E-state index in [-0.39, 0.29) is 6.61 Å². The van der Waals surface area contributed by atoms with Crippen LogP contribution in [0.1, 0.15) is 31.9 Å². The number of aliphatic hydroxyl groups is 1. The van der Waals surface area contributed by atoms with Gasteiger partial charge in [0.15, 0.2) is 0 Å². The second kappa shape index (κ2) is 8.32. The van der Waals surface area contributed by atoms with Crippen molar-refractivity contribution in [3.8, 4) is 0 Å². The van der Waals surface area contributed by atoms with Crippen molar-refractivity contribution in [3.05, 3.63) is 23.9 Å². The maximum atomic E-state index is 9.09. The molecule has 1 fully saturated rings. The van der Waals surface area contributed by atoms with Crippen molar-refractivity contribution in [1.29, 1.82) is 0 Å². The normalized spacial score (nSPS) is 18.5. The first-order valence-corrected chi connectivity index (χ1v) is 8.02. The summed E-state index contributed by atoms with van der Waals surface area (Å²) < 4.78 is 0. The predicted octanol–water partition coefficient (Wildman–Crippen LogP) is 1.26. The maximum Gasteiger partial charge on any atom is 0.133 e. The summed E-state index contributed by atoms with van der Waals surface area (Å²) in [5.74, 6) is 1.11. The third-order valence-electron chi connectivity index (χ3n) is 4.10. The summed E-state index contributed by atoms with van der Waals surface area (Å²) in [7, 11) is 0. The molecule has 2 rings (SSSR count). The Morgan fingerprint density at radius 3 is 2.95 bits per heavy atom. The summed E-state index contributed by atoms with van der Waals surface area (Å²) in [6.07, 6.45) is 3.00. The van der Waals surface area contributed by atoms with Gasteiger partial charge in [0.1, 0.15) is 5.82 Å². The molecular formula is C16H28N4O. The first kappa shape index (κ1) is 16.2. The number of nitrogens with zero attached hydrogens (tertiary/aromatic N) is 3. The highest BCUT2D eigenvalue weighted by Gasteiger charge is 2.19. The third-order valence-corrected chi connectivity index (χ3v) is 4.10. The van der Waals surface area contributed by atoms with E-state index in [9.17, 15) is 0 Å². The van der Waals surface area contributed by atoms with E-state index in [0.717, 1.165) is 51.5 Å². The molecule has 1 saturated heterocycles. The Balaban J connectivity index is 2.10. The molecule has 1 atom stereocenters. The molecule has 0 saturated carbocycles. The van der Waals surface area contributed by atoms with E-state index in [1.54, 1.807) is 0 Å². The van der Waals surface area contributed by atoms with Crippen molar-refractivity contribution in [2.75, 3.05) is 50.8 Å². The summed E-state index contributed by atoms with van der Waals surface area (Å²) >= 11 is 0. The maximum absolute atomic E-state index is 9.09. The van der Waals surface area contributed by atoms with Gasteiger partial charge in [-0.25, -0.2) is 4.98 Å². The molecule has 2 N–H and O–H groups in total. The van der Waals surface area contributed by atoms with Gasteiger partial charge < -0.3 is 15.3 Å². The van der Waals surface area contributed by atoms with Gasteiger partial charge in [0.2, 0.25) is 0 Å². The Bertz CT molecular complexity index is 426. The Hall–Kier alpha value is -1.17. The van der Waals surface area contributed by atoms with Crippen molar-refractivity contribution >= 4 is 5.82 Å². The minimum absolute atomic E-state index is 0.242. The molecule has 0 aromatic carbocycles. The van der Waals surface area contributed by atoms with Crippen LogP contribution in [-0.4, -0.2) is 60.9 Å². The molecule has 2 heterocycles. The van der Waals surface area contributed by atoms with Crippen LogP contribution >= 0.6 is 0 Å². The molecule has 1 aromatic heterocycles. The van der Waals surface area contributed by atoms with Gasteiger partial charge in [-0.2, -0.15) is 0 Å². The molecule has 5 nitrogen and oxygen atoms in total. The number of hydrogen-bond donors (Lipinski definition) is 2. The highest BCUT2D eigenvalue weighted by atomic mass is 16.3. The Labute approximate surface area is 128 Å². The van der Waals surface area contributed by atoms with Crippen molar-refractivity contribution < 1.29 is 5.11 Å². The molecule has 1 aromatic rings. The lowest BCUT2D eigenvalue weighted by atomic mass is 10.1. The summed E-state index contributed by atoms with van der Waals surface area (Å²) in [4.78, 5) is 9.36. The highest BCUT2D eigenvalue weighted by Crippen LogP contribution is 2.24. The zero-order chi connectivity index (χ0) is 15.1. The Kier molecular flexibility index (Phi) is 6.42. The Morgan fingerprint density at radius 1 is 1.33 bits per heavy atom. The molecule has 1 unspecified atom stereocenters. The number of aliphatic hydroxyl groups excluding tert-OH is 1. The van der Waals surface area contributed by atoms with Crippen LogP contribution in [-0.2, 0) is 0 Å². The van der Waals surface area contributed by atoms with Gasteiger partial charge in [-0.1, -0.05) is 13.0 Å². The fourth-order valence-corrected chi connectivity index (χ4v) is 2.98. The van der Waals surface area contributed by atoms with Crippen molar-refractivity contribution in [3.63, 3.8) is 0 Å². The minimum Gasteiger partial charge on any atom is -0.395 e. The molecule has 0 radical (unpaired) electrons. The van der Waals surface area contributed by atoms with E-state index in [1.807, 2.05) is 12.3 Å². The van der Waals surface area contributed by atoms with Gasteiger partial charge in [0.25, 0.3) is 0 Å². The fraction of sp³-hybridized carbons (Fsp3) is 0.688. The topological polar surface area (TPSA) is 51.6 Å². The molecule has 118 valence electrons. The number of hydrogen-bond acceptors (Lipinski definition) is 5. The fourth-order valence-electron chi connectivity index (χ4n) is 2.98. The lowest BCUT2D eigenvalue weighted by molar-refractivity contribution is 0.204. The van der Waals surface area contributed by atoms with Crippen molar-refractivity contribution in [2.24, 2.45) is 0 Å². The smallest absolute Gasteiger partial charge is 0.133 e. The van der Waals surface area contributed by atoms with E-state index in [0.29, 0.717) is 6.04 Å². The molecule has 21 heavy (non-hydrogen) atoms. The summed E-state index contributed by atoms with van der Waals surface area (Å²) in [6, 6.07) is 4.50. The van der Waals surface area contributed by atoms with Crippen molar-refractivity contribution in [2.45, 2.75) is 26.3 Å². The van der Waals surface area contributed by atoms with Crippen LogP contribution in [0.4, 0.5) is 5.82 Å². The quantitative estimate of drug-likeness (QED) is 0.826. The average Bonchev–Trinajstić information content (AvgIpc) is 2.73. The molecule has 0 spiro atoms. The molecule has 5 heteroatoms.